The summed E-state index contributed by atoms with van der Waals surface area (Å²) in [4.78, 5) is 58.1. The van der Waals surface area contributed by atoms with Crippen LogP contribution in [0.25, 0.3) is 45.0 Å². The number of H-pyrrole nitrogens is 4. The summed E-state index contributed by atoms with van der Waals surface area (Å²) < 4.78 is 5.65. The predicted molar refractivity (Wildman–Crippen MR) is 301 cm³/mol. The maximum absolute atomic E-state index is 12.8. The molecule has 7 heterocycles. The molecular formula is C60H63N9O2S4. The van der Waals surface area contributed by atoms with Crippen LogP contribution in [0.3, 0.4) is 0 Å². The number of carbonyl (C=O) groups is 1. The molecule has 3 aliphatic carbocycles. The van der Waals surface area contributed by atoms with Gasteiger partial charge < -0.3 is 24.7 Å². The first-order valence-corrected chi connectivity index (χ1v) is 30.4. The van der Waals surface area contributed by atoms with Gasteiger partial charge in [-0.3, -0.25) is 4.90 Å². The van der Waals surface area contributed by atoms with E-state index in [0.717, 1.165) is 52.8 Å². The molecule has 384 valence electrons. The summed E-state index contributed by atoms with van der Waals surface area (Å²) in [5, 5.41) is 0. The van der Waals surface area contributed by atoms with Crippen molar-refractivity contribution in [1.82, 2.24) is 44.8 Å². The number of aromatic nitrogens is 8. The molecule has 4 aromatic carbocycles. The van der Waals surface area contributed by atoms with Crippen molar-refractivity contribution in [2.75, 3.05) is 6.54 Å². The van der Waals surface area contributed by atoms with Crippen molar-refractivity contribution in [2.45, 2.75) is 179 Å². The predicted octanol–water partition coefficient (Wildman–Crippen LogP) is 17.2. The molecule has 3 aliphatic heterocycles. The fourth-order valence-electron chi connectivity index (χ4n) is 11.7. The third-order valence-electron chi connectivity index (χ3n) is 15.7. The summed E-state index contributed by atoms with van der Waals surface area (Å²) in [5.41, 5.74) is 8.52. The Bertz CT molecular complexity index is 3280. The van der Waals surface area contributed by atoms with Crippen LogP contribution >= 0.6 is 47.0 Å². The molecule has 6 aliphatic rings. The molecule has 1 saturated heterocycles. The lowest BCUT2D eigenvalue weighted by atomic mass is 10.1. The van der Waals surface area contributed by atoms with Gasteiger partial charge in [-0.25, -0.2) is 24.7 Å². The van der Waals surface area contributed by atoms with Crippen LogP contribution in [0.2, 0.25) is 0 Å². The minimum absolute atomic E-state index is 0.0913. The largest absolute Gasteiger partial charge is 0.444 e. The molecular weight excluding hydrogens is 1010 g/mol. The SMILES string of the molecule is CC(C)(C)OC(=O)N1CCC[C@@H]1c1ncc(-c2ccc3c(c2)Sc2ccc(-c4cnc(C5CCCC5)[nH]4)cc2S3)[nH]1.c1cc2c(cc1-c1cnc(C3CCCC3)[nH]1)Sc1cc(-c3cnc(C4CCCC4)[nH]3)ccc1S2. The van der Waals surface area contributed by atoms with Gasteiger partial charge >= 0.3 is 6.09 Å². The molecule has 4 fully saturated rings. The maximum atomic E-state index is 12.8. The van der Waals surface area contributed by atoms with E-state index in [1.807, 2.05) is 92.6 Å². The van der Waals surface area contributed by atoms with Gasteiger partial charge in [0.1, 0.15) is 28.9 Å². The average Bonchev–Trinajstić information content (AvgIpc) is 4.27. The summed E-state index contributed by atoms with van der Waals surface area (Å²) >= 11 is 7.38. The highest BCUT2D eigenvalue weighted by molar-refractivity contribution is 8.05. The molecule has 0 radical (unpaired) electrons. The van der Waals surface area contributed by atoms with Gasteiger partial charge in [-0.05, 0) is 121 Å². The highest BCUT2D eigenvalue weighted by atomic mass is 32.2. The molecule has 1 amide bonds. The quantitative estimate of drug-likeness (QED) is 0.116. The number of rotatable bonds is 8. The van der Waals surface area contributed by atoms with Crippen molar-refractivity contribution >= 4 is 53.1 Å². The Morgan fingerprint density at radius 3 is 1.13 bits per heavy atom. The summed E-state index contributed by atoms with van der Waals surface area (Å²) in [5.74, 6) is 6.09. The number of nitrogens with zero attached hydrogens (tertiary/aromatic N) is 5. The lowest BCUT2D eigenvalue weighted by Crippen LogP contribution is -2.36. The van der Waals surface area contributed by atoms with Gasteiger partial charge in [0, 0.05) is 85.7 Å². The molecule has 8 aromatic rings. The summed E-state index contributed by atoms with van der Waals surface area (Å²) in [6, 6.07) is 26.9. The molecule has 14 rings (SSSR count). The van der Waals surface area contributed by atoms with Gasteiger partial charge in [0.25, 0.3) is 0 Å². The highest BCUT2D eigenvalue weighted by Crippen LogP contribution is 2.52. The van der Waals surface area contributed by atoms with E-state index < -0.39 is 5.60 Å². The van der Waals surface area contributed by atoms with Crippen LogP contribution in [0.4, 0.5) is 4.79 Å². The van der Waals surface area contributed by atoms with E-state index in [4.69, 9.17) is 24.7 Å². The van der Waals surface area contributed by atoms with Gasteiger partial charge in [0.2, 0.25) is 0 Å². The lowest BCUT2D eigenvalue weighted by molar-refractivity contribution is 0.0218. The smallest absolute Gasteiger partial charge is 0.410 e. The van der Waals surface area contributed by atoms with Gasteiger partial charge in [-0.15, -0.1) is 0 Å². The number of imidazole rings is 4. The Kier molecular flexibility index (Phi) is 13.5. The van der Waals surface area contributed by atoms with E-state index in [0.29, 0.717) is 24.3 Å². The number of carbonyl (C=O) groups excluding carboxylic acids is 1. The molecule has 15 heteroatoms. The van der Waals surface area contributed by atoms with E-state index in [1.54, 1.807) is 4.90 Å². The van der Waals surface area contributed by atoms with E-state index in [9.17, 15) is 4.79 Å². The fraction of sp³-hybridized carbons (Fsp3) is 0.383. The van der Waals surface area contributed by atoms with Crippen molar-refractivity contribution in [2.24, 2.45) is 0 Å². The first-order chi connectivity index (χ1) is 36.6. The zero-order valence-electron chi connectivity index (χ0n) is 42.8. The number of hydrogen-bond acceptors (Lipinski definition) is 10. The first-order valence-electron chi connectivity index (χ1n) is 27.1. The van der Waals surface area contributed by atoms with E-state index in [-0.39, 0.29) is 12.1 Å². The molecule has 0 spiro atoms. The number of nitrogens with one attached hydrogen (secondary N) is 4. The second kappa shape index (κ2) is 20.7. The number of fused-ring (bicyclic) bond motifs is 4. The molecule has 75 heavy (non-hydrogen) atoms. The normalized spacial score (nSPS) is 18.7. The van der Waals surface area contributed by atoms with E-state index in [1.165, 1.54) is 145 Å². The van der Waals surface area contributed by atoms with Crippen LogP contribution < -0.4 is 0 Å². The zero-order chi connectivity index (χ0) is 50.6. The number of aromatic amines is 4. The third-order valence-corrected chi connectivity index (χ3v) is 20.8. The monoisotopic (exact) mass is 1070 g/mol. The topological polar surface area (TPSA) is 144 Å². The number of benzene rings is 4. The van der Waals surface area contributed by atoms with Crippen molar-refractivity contribution in [3.05, 3.63) is 121 Å². The Labute approximate surface area is 456 Å². The fourth-order valence-corrected chi connectivity index (χ4v) is 16.3. The standard InChI is InChI=1S/C32H35N5O2S2.C28H28N4S2/c1-32(2,3)39-31(38)37-14-6-9-24(37)30-34-18-23(36-30)21-11-13-26-28(16-21)41-25-12-10-20(15-27(25)40-26)22-17-33-29(35-22)19-7-4-5-8-19;1-2-6-17(5-1)27-29-15-21(31-27)19-9-11-23-25(13-19)34-26-14-20(10-12-24(26)33-23)22-16-30-28(32-22)18-7-3-4-8-18/h10-13,15-19,24H,4-9,14H2,1-3H3,(H,33,35)(H,34,36);9-18H,1-8H2,(H,29,31)(H,30,32)/t24-;/m1./s1. The number of amides is 1. The van der Waals surface area contributed by atoms with Gasteiger partial charge in [0.05, 0.1) is 53.6 Å². The average molecular weight is 1070 g/mol. The van der Waals surface area contributed by atoms with E-state index in [2.05, 4.69) is 92.7 Å². The van der Waals surface area contributed by atoms with Crippen LogP contribution in [-0.4, -0.2) is 63.0 Å². The van der Waals surface area contributed by atoms with Crippen LogP contribution in [0.1, 0.15) is 158 Å². The Morgan fingerprint density at radius 1 is 0.453 bits per heavy atom. The maximum Gasteiger partial charge on any atom is 0.410 e. The minimum Gasteiger partial charge on any atom is -0.444 e. The van der Waals surface area contributed by atoms with Crippen molar-refractivity contribution < 1.29 is 9.53 Å². The number of ether oxygens (including phenoxy) is 1. The zero-order valence-corrected chi connectivity index (χ0v) is 46.1. The van der Waals surface area contributed by atoms with E-state index >= 15 is 0 Å². The summed E-state index contributed by atoms with van der Waals surface area (Å²) in [7, 11) is 0. The minimum atomic E-state index is -0.519. The molecule has 11 nitrogen and oxygen atoms in total. The van der Waals surface area contributed by atoms with Gasteiger partial charge in [-0.1, -0.05) is 110 Å². The van der Waals surface area contributed by atoms with Crippen molar-refractivity contribution in [3.63, 3.8) is 0 Å². The summed E-state index contributed by atoms with van der Waals surface area (Å²) in [6.45, 7) is 6.38. The van der Waals surface area contributed by atoms with Crippen molar-refractivity contribution in [1.29, 1.82) is 0 Å². The molecule has 0 bridgehead atoms. The molecule has 0 unspecified atom stereocenters. The van der Waals surface area contributed by atoms with Crippen LogP contribution in [0.5, 0.6) is 0 Å². The third kappa shape index (κ3) is 10.4. The number of likely N-dealkylation sites (tertiary alicyclic amines) is 1. The highest BCUT2D eigenvalue weighted by Gasteiger charge is 2.35. The van der Waals surface area contributed by atoms with Crippen LogP contribution in [0, 0.1) is 0 Å². The summed E-state index contributed by atoms with van der Waals surface area (Å²) in [6.07, 6.45) is 24.9. The van der Waals surface area contributed by atoms with Crippen LogP contribution in [0.15, 0.2) is 137 Å². The second-order valence-electron chi connectivity index (χ2n) is 22.1. The lowest BCUT2D eigenvalue weighted by Gasteiger charge is -2.27. The molecule has 3 saturated carbocycles. The first kappa shape index (κ1) is 49.0. The second-order valence-corrected chi connectivity index (χ2v) is 26.4. The van der Waals surface area contributed by atoms with Gasteiger partial charge in [0.15, 0.2) is 0 Å². The molecule has 4 N–H and O–H groups in total. The van der Waals surface area contributed by atoms with Crippen LogP contribution in [-0.2, 0) is 4.74 Å². The van der Waals surface area contributed by atoms with Gasteiger partial charge in [-0.2, -0.15) is 0 Å². The Morgan fingerprint density at radius 2 is 0.773 bits per heavy atom. The molecule has 1 atom stereocenters. The van der Waals surface area contributed by atoms with Crippen molar-refractivity contribution in [3.8, 4) is 45.0 Å². The Balaban J connectivity index is 0.000000147. The molecule has 4 aromatic heterocycles. The Hall–Kier alpha value is -5.61. The number of hydrogen-bond donors (Lipinski definition) is 4.